The lowest BCUT2D eigenvalue weighted by molar-refractivity contribution is -0.327. The lowest BCUT2D eigenvalue weighted by Crippen LogP contribution is -2.61. The van der Waals surface area contributed by atoms with Gasteiger partial charge in [0.1, 0.15) is 18.0 Å². The zero-order valence-electron chi connectivity index (χ0n) is 14.4. The van der Waals surface area contributed by atoms with Gasteiger partial charge in [0.2, 0.25) is 5.79 Å². The zero-order chi connectivity index (χ0) is 19.2. The Morgan fingerprint density at radius 3 is 2.63 bits per heavy atom. The molecule has 2 aromatic rings. The molecular formula is C20H20O7. The number of aliphatic hydroxyl groups is 3. The molecule has 4 N–H and O–H groups in total. The molecule has 0 aliphatic carbocycles. The number of rotatable bonds is 3. The fourth-order valence-corrected chi connectivity index (χ4v) is 3.70. The number of fused-ring (bicyclic) bond motifs is 2. The van der Waals surface area contributed by atoms with Crippen LogP contribution < -0.4 is 0 Å². The third-order valence-corrected chi connectivity index (χ3v) is 5.09. The van der Waals surface area contributed by atoms with Crippen molar-refractivity contribution in [1.29, 1.82) is 0 Å². The van der Waals surface area contributed by atoms with Gasteiger partial charge in [0, 0.05) is 5.56 Å². The SMILES string of the molecule is O=C1[C@@H](O)[C@@]2(OCc3ccc(Cc4cccc(O)c4)cc32)O[C@H](CO)[C@H]1O. The highest BCUT2D eigenvalue weighted by atomic mass is 16.7. The van der Waals surface area contributed by atoms with E-state index in [9.17, 15) is 25.2 Å². The van der Waals surface area contributed by atoms with Crippen molar-refractivity contribution >= 4 is 5.78 Å². The lowest BCUT2D eigenvalue weighted by atomic mass is 9.87. The standard InChI is InChI=1S/C20H20O7/c21-9-16-17(23)18(24)19(25)20(27-16)15-8-12(4-5-13(15)10-26-20)6-11-2-1-3-14(22)7-11/h1-5,7-8,16-17,19,21-23,25H,6,9-10H2/t16-,17-,19-,20+/m1/s1. The van der Waals surface area contributed by atoms with E-state index < -0.39 is 36.5 Å². The maximum Gasteiger partial charge on any atom is 0.230 e. The van der Waals surface area contributed by atoms with Gasteiger partial charge in [-0.1, -0.05) is 24.3 Å². The number of aromatic hydroxyl groups is 1. The summed E-state index contributed by atoms with van der Waals surface area (Å²) in [6, 6.07) is 12.4. The summed E-state index contributed by atoms with van der Waals surface area (Å²) in [4.78, 5) is 12.3. The third-order valence-electron chi connectivity index (χ3n) is 5.09. The van der Waals surface area contributed by atoms with Crippen LogP contribution in [0.4, 0.5) is 0 Å². The Hall–Kier alpha value is -2.29. The summed E-state index contributed by atoms with van der Waals surface area (Å²) in [5.74, 6) is -2.41. The number of ketones is 1. The quantitative estimate of drug-likeness (QED) is 0.614. The van der Waals surface area contributed by atoms with E-state index in [2.05, 4.69) is 0 Å². The molecule has 4 rings (SSSR count). The maximum atomic E-state index is 12.3. The van der Waals surface area contributed by atoms with Crippen molar-refractivity contribution in [2.24, 2.45) is 0 Å². The number of benzene rings is 2. The second-order valence-electron chi connectivity index (χ2n) is 6.88. The molecule has 1 saturated heterocycles. The molecule has 0 bridgehead atoms. The van der Waals surface area contributed by atoms with Gasteiger partial charge in [-0.25, -0.2) is 0 Å². The van der Waals surface area contributed by atoms with Crippen molar-refractivity contribution < 1.29 is 34.7 Å². The molecule has 1 spiro atoms. The van der Waals surface area contributed by atoms with E-state index in [1.165, 1.54) is 0 Å². The van der Waals surface area contributed by atoms with Crippen LogP contribution in [-0.4, -0.2) is 51.1 Å². The van der Waals surface area contributed by atoms with Gasteiger partial charge >= 0.3 is 0 Å². The van der Waals surface area contributed by atoms with Gasteiger partial charge in [-0.15, -0.1) is 0 Å². The second-order valence-corrected chi connectivity index (χ2v) is 6.88. The maximum absolute atomic E-state index is 12.3. The minimum Gasteiger partial charge on any atom is -0.508 e. The normalized spacial score (nSPS) is 29.9. The van der Waals surface area contributed by atoms with E-state index in [0.717, 1.165) is 16.7 Å². The Kier molecular flexibility index (Phi) is 4.49. The summed E-state index contributed by atoms with van der Waals surface area (Å²) in [6.07, 6.45) is -3.97. The predicted octanol–water partition coefficient (Wildman–Crippen LogP) is 0.348. The van der Waals surface area contributed by atoms with Gasteiger partial charge in [-0.2, -0.15) is 0 Å². The number of phenolic OH excluding ortho intramolecular Hbond substituents is 1. The number of phenols is 1. The molecule has 27 heavy (non-hydrogen) atoms. The van der Waals surface area contributed by atoms with Gasteiger partial charge in [0.05, 0.1) is 13.2 Å². The number of carbonyl (C=O) groups excluding carboxylic acids is 1. The van der Waals surface area contributed by atoms with E-state index in [4.69, 9.17) is 9.47 Å². The molecule has 7 nitrogen and oxygen atoms in total. The first-order chi connectivity index (χ1) is 12.9. The molecule has 0 unspecified atom stereocenters. The molecule has 2 aliphatic heterocycles. The largest absolute Gasteiger partial charge is 0.508 e. The van der Waals surface area contributed by atoms with Gasteiger partial charge in [-0.05, 0) is 41.3 Å². The first kappa shape index (κ1) is 18.1. The van der Waals surface area contributed by atoms with Crippen molar-refractivity contribution in [3.05, 3.63) is 64.7 Å². The third kappa shape index (κ3) is 2.93. The first-order valence-electron chi connectivity index (χ1n) is 8.67. The number of aliphatic hydroxyl groups excluding tert-OH is 3. The van der Waals surface area contributed by atoms with E-state index in [0.29, 0.717) is 12.0 Å². The van der Waals surface area contributed by atoms with E-state index in [1.54, 1.807) is 24.3 Å². The zero-order valence-corrected chi connectivity index (χ0v) is 14.4. The van der Waals surface area contributed by atoms with E-state index in [1.807, 2.05) is 18.2 Å². The lowest BCUT2D eigenvalue weighted by Gasteiger charge is -2.42. The van der Waals surface area contributed by atoms with Crippen LogP contribution >= 0.6 is 0 Å². The van der Waals surface area contributed by atoms with Gasteiger partial charge in [-0.3, -0.25) is 4.79 Å². The minimum atomic E-state index is -1.74. The predicted molar refractivity (Wildman–Crippen MR) is 92.8 cm³/mol. The monoisotopic (exact) mass is 372 g/mol. The molecular weight excluding hydrogens is 352 g/mol. The Labute approximate surface area is 155 Å². The van der Waals surface area contributed by atoms with Gasteiger partial charge in [0.25, 0.3) is 0 Å². The summed E-state index contributed by atoms with van der Waals surface area (Å²) in [5.41, 5.74) is 3.04. The van der Waals surface area contributed by atoms with Crippen LogP contribution in [0.25, 0.3) is 0 Å². The topological polar surface area (TPSA) is 116 Å². The molecule has 0 radical (unpaired) electrons. The molecule has 4 atom stereocenters. The highest BCUT2D eigenvalue weighted by Crippen LogP contribution is 2.45. The fourth-order valence-electron chi connectivity index (χ4n) is 3.70. The average Bonchev–Trinajstić information content (AvgIpc) is 3.02. The molecule has 2 aliphatic rings. The summed E-state index contributed by atoms with van der Waals surface area (Å²) in [6.45, 7) is -0.441. The fraction of sp³-hybridized carbons (Fsp3) is 0.350. The highest BCUT2D eigenvalue weighted by molar-refractivity contribution is 5.89. The second kappa shape index (κ2) is 6.70. The molecule has 0 saturated carbocycles. The smallest absolute Gasteiger partial charge is 0.230 e. The first-order valence-corrected chi connectivity index (χ1v) is 8.67. The summed E-state index contributed by atoms with van der Waals surface area (Å²) >= 11 is 0. The number of ether oxygens (including phenoxy) is 2. The van der Waals surface area contributed by atoms with Crippen LogP contribution in [0.1, 0.15) is 22.3 Å². The number of hydrogen-bond donors (Lipinski definition) is 4. The van der Waals surface area contributed by atoms with Gasteiger partial charge < -0.3 is 29.9 Å². The molecule has 2 aromatic carbocycles. The van der Waals surface area contributed by atoms with Crippen LogP contribution in [0, 0.1) is 0 Å². The average molecular weight is 372 g/mol. The Morgan fingerprint density at radius 2 is 1.89 bits per heavy atom. The summed E-state index contributed by atoms with van der Waals surface area (Å²) in [7, 11) is 0. The molecule has 142 valence electrons. The van der Waals surface area contributed by atoms with E-state index in [-0.39, 0.29) is 12.4 Å². The summed E-state index contributed by atoms with van der Waals surface area (Å²) < 4.78 is 11.4. The van der Waals surface area contributed by atoms with Crippen molar-refractivity contribution in [3.63, 3.8) is 0 Å². The van der Waals surface area contributed by atoms with Crippen LogP contribution in [0.5, 0.6) is 5.75 Å². The molecule has 7 heteroatoms. The van der Waals surface area contributed by atoms with Crippen molar-refractivity contribution in [2.45, 2.75) is 37.1 Å². The Morgan fingerprint density at radius 1 is 1.11 bits per heavy atom. The van der Waals surface area contributed by atoms with Crippen molar-refractivity contribution in [3.8, 4) is 5.75 Å². The molecule has 0 amide bonds. The molecule has 2 heterocycles. The Bertz CT molecular complexity index is 880. The number of carbonyl (C=O) groups is 1. The number of hydrogen-bond acceptors (Lipinski definition) is 7. The molecule has 0 aromatic heterocycles. The molecule has 1 fully saturated rings. The van der Waals surface area contributed by atoms with E-state index >= 15 is 0 Å². The van der Waals surface area contributed by atoms with Crippen molar-refractivity contribution in [2.75, 3.05) is 6.61 Å². The van der Waals surface area contributed by atoms with Crippen LogP contribution in [0.2, 0.25) is 0 Å². The van der Waals surface area contributed by atoms with Crippen LogP contribution in [-0.2, 0) is 33.1 Å². The Balaban J connectivity index is 1.71. The number of Topliss-reactive ketones (excluding diaryl/α,β-unsaturated/α-hetero) is 1. The summed E-state index contributed by atoms with van der Waals surface area (Å²) in [5, 5.41) is 39.5. The minimum absolute atomic E-state index is 0.139. The van der Waals surface area contributed by atoms with Gasteiger partial charge in [0.15, 0.2) is 11.9 Å². The highest BCUT2D eigenvalue weighted by Gasteiger charge is 2.58. The van der Waals surface area contributed by atoms with Crippen molar-refractivity contribution in [1.82, 2.24) is 0 Å². The van der Waals surface area contributed by atoms with Crippen LogP contribution in [0.15, 0.2) is 42.5 Å². The van der Waals surface area contributed by atoms with Crippen LogP contribution in [0.3, 0.4) is 0 Å².